The van der Waals surface area contributed by atoms with Gasteiger partial charge in [0.15, 0.2) is 0 Å². The van der Waals surface area contributed by atoms with Crippen LogP contribution in [0.15, 0.2) is 78.9 Å². The predicted octanol–water partition coefficient (Wildman–Crippen LogP) is 4.91. The molecule has 0 fully saturated rings. The van der Waals surface area contributed by atoms with Crippen molar-refractivity contribution in [2.24, 2.45) is 0 Å². The molecule has 3 aromatic carbocycles. The van der Waals surface area contributed by atoms with Crippen LogP contribution in [-0.4, -0.2) is 38.1 Å². The van der Waals surface area contributed by atoms with Crippen molar-refractivity contribution in [1.29, 1.82) is 0 Å². The lowest BCUT2D eigenvalue weighted by Crippen LogP contribution is -2.25. The number of amides is 1. The van der Waals surface area contributed by atoms with Crippen molar-refractivity contribution in [2.45, 2.75) is 6.92 Å². The SMILES string of the molecule is Cc1ccc(C(=O)N(c2ccccc2)c2ccc(OCCN(C)C)cc2)cc1. The molecular formula is C24H26N2O2. The predicted molar refractivity (Wildman–Crippen MR) is 115 cm³/mol. The summed E-state index contributed by atoms with van der Waals surface area (Å²) in [6.07, 6.45) is 0. The lowest BCUT2D eigenvalue weighted by Gasteiger charge is -2.23. The van der Waals surface area contributed by atoms with E-state index in [1.165, 1.54) is 0 Å². The van der Waals surface area contributed by atoms with Gasteiger partial charge in [0.25, 0.3) is 5.91 Å². The Morgan fingerprint density at radius 2 is 1.43 bits per heavy atom. The molecular weight excluding hydrogens is 348 g/mol. The molecule has 0 N–H and O–H groups in total. The van der Waals surface area contributed by atoms with Crippen LogP contribution in [0, 0.1) is 6.92 Å². The monoisotopic (exact) mass is 374 g/mol. The second-order valence-corrected chi connectivity index (χ2v) is 6.99. The van der Waals surface area contributed by atoms with Crippen LogP contribution in [-0.2, 0) is 0 Å². The van der Waals surface area contributed by atoms with Gasteiger partial charge in [-0.25, -0.2) is 0 Å². The summed E-state index contributed by atoms with van der Waals surface area (Å²) >= 11 is 0. The maximum Gasteiger partial charge on any atom is 0.262 e. The van der Waals surface area contributed by atoms with Crippen molar-refractivity contribution < 1.29 is 9.53 Å². The zero-order chi connectivity index (χ0) is 19.9. The minimum atomic E-state index is -0.0625. The first-order valence-corrected chi connectivity index (χ1v) is 9.38. The van der Waals surface area contributed by atoms with Crippen LogP contribution in [0.1, 0.15) is 15.9 Å². The molecule has 144 valence electrons. The van der Waals surface area contributed by atoms with Gasteiger partial charge in [0.1, 0.15) is 12.4 Å². The average molecular weight is 374 g/mol. The highest BCUT2D eigenvalue weighted by molar-refractivity contribution is 6.10. The number of benzene rings is 3. The quantitative estimate of drug-likeness (QED) is 0.589. The van der Waals surface area contributed by atoms with Crippen molar-refractivity contribution in [1.82, 2.24) is 4.90 Å². The third kappa shape index (κ3) is 4.99. The van der Waals surface area contributed by atoms with Gasteiger partial charge in [-0.3, -0.25) is 9.69 Å². The minimum Gasteiger partial charge on any atom is -0.492 e. The lowest BCUT2D eigenvalue weighted by molar-refractivity contribution is 0.0999. The topological polar surface area (TPSA) is 32.8 Å². The molecule has 0 atom stereocenters. The molecule has 4 nitrogen and oxygen atoms in total. The molecule has 3 rings (SSSR count). The summed E-state index contributed by atoms with van der Waals surface area (Å²) in [7, 11) is 4.03. The largest absolute Gasteiger partial charge is 0.492 e. The van der Waals surface area contributed by atoms with Crippen LogP contribution in [0.4, 0.5) is 11.4 Å². The van der Waals surface area contributed by atoms with E-state index < -0.39 is 0 Å². The molecule has 0 unspecified atom stereocenters. The number of carbonyl (C=O) groups excluding carboxylic acids is 1. The number of hydrogen-bond donors (Lipinski definition) is 0. The number of rotatable bonds is 7. The summed E-state index contributed by atoms with van der Waals surface area (Å²) in [6, 6.07) is 25.0. The normalized spacial score (nSPS) is 10.7. The van der Waals surface area contributed by atoms with E-state index in [-0.39, 0.29) is 5.91 Å². The smallest absolute Gasteiger partial charge is 0.262 e. The maximum absolute atomic E-state index is 13.3. The zero-order valence-corrected chi connectivity index (χ0v) is 16.6. The zero-order valence-electron chi connectivity index (χ0n) is 16.6. The van der Waals surface area contributed by atoms with E-state index in [2.05, 4.69) is 4.90 Å². The van der Waals surface area contributed by atoms with Gasteiger partial charge in [-0.2, -0.15) is 0 Å². The first-order chi connectivity index (χ1) is 13.5. The highest BCUT2D eigenvalue weighted by atomic mass is 16.5. The fourth-order valence-corrected chi connectivity index (χ4v) is 2.82. The molecule has 0 aliphatic carbocycles. The number of aryl methyl sites for hydroxylation is 1. The molecule has 1 amide bonds. The van der Waals surface area contributed by atoms with E-state index in [0.29, 0.717) is 12.2 Å². The summed E-state index contributed by atoms with van der Waals surface area (Å²) in [4.78, 5) is 17.1. The van der Waals surface area contributed by atoms with Crippen molar-refractivity contribution in [3.63, 3.8) is 0 Å². The third-order valence-corrected chi connectivity index (χ3v) is 4.42. The molecule has 3 aromatic rings. The molecule has 0 aromatic heterocycles. The number of para-hydroxylation sites is 1. The first kappa shape index (κ1) is 19.6. The van der Waals surface area contributed by atoms with Crippen molar-refractivity contribution in [2.75, 3.05) is 32.1 Å². The Morgan fingerprint density at radius 3 is 2.04 bits per heavy atom. The highest BCUT2D eigenvalue weighted by Crippen LogP contribution is 2.29. The van der Waals surface area contributed by atoms with Gasteiger partial charge in [-0.1, -0.05) is 35.9 Å². The Hall–Kier alpha value is -3.11. The van der Waals surface area contributed by atoms with E-state index in [1.54, 1.807) is 4.90 Å². The third-order valence-electron chi connectivity index (χ3n) is 4.42. The van der Waals surface area contributed by atoms with Gasteiger partial charge in [0.05, 0.1) is 0 Å². The summed E-state index contributed by atoms with van der Waals surface area (Å²) in [5, 5.41) is 0. The molecule has 0 radical (unpaired) electrons. The number of anilines is 2. The standard InChI is InChI=1S/C24H26N2O2/c1-19-9-11-20(12-10-19)24(27)26(21-7-5-4-6-8-21)22-13-15-23(16-14-22)28-18-17-25(2)3/h4-16H,17-18H2,1-3H3. The number of carbonyl (C=O) groups is 1. The van der Waals surface area contributed by atoms with Crippen LogP contribution >= 0.6 is 0 Å². The average Bonchev–Trinajstić information content (AvgIpc) is 2.70. The Balaban J connectivity index is 1.87. The number of likely N-dealkylation sites (N-methyl/N-ethyl adjacent to an activating group) is 1. The second kappa shape index (κ2) is 9.20. The van der Waals surface area contributed by atoms with Crippen LogP contribution in [0.3, 0.4) is 0 Å². The van der Waals surface area contributed by atoms with Crippen LogP contribution in [0.2, 0.25) is 0 Å². The number of nitrogens with zero attached hydrogens (tertiary/aromatic N) is 2. The highest BCUT2D eigenvalue weighted by Gasteiger charge is 2.19. The Kier molecular flexibility index (Phi) is 6.45. The minimum absolute atomic E-state index is 0.0625. The van der Waals surface area contributed by atoms with E-state index >= 15 is 0 Å². The van der Waals surface area contributed by atoms with Gasteiger partial charge in [-0.15, -0.1) is 0 Å². The Morgan fingerprint density at radius 1 is 0.821 bits per heavy atom. The van der Waals surface area contributed by atoms with Crippen molar-refractivity contribution >= 4 is 17.3 Å². The van der Waals surface area contributed by atoms with E-state index in [9.17, 15) is 4.79 Å². The first-order valence-electron chi connectivity index (χ1n) is 9.38. The van der Waals surface area contributed by atoms with Crippen LogP contribution in [0.5, 0.6) is 5.75 Å². The lowest BCUT2D eigenvalue weighted by atomic mass is 10.1. The molecule has 0 heterocycles. The summed E-state index contributed by atoms with van der Waals surface area (Å²) in [6.45, 7) is 3.49. The van der Waals surface area contributed by atoms with Gasteiger partial charge < -0.3 is 9.64 Å². The molecule has 0 saturated heterocycles. The summed E-state index contributed by atoms with van der Waals surface area (Å²) < 4.78 is 5.77. The fraction of sp³-hybridized carbons (Fsp3) is 0.208. The van der Waals surface area contributed by atoms with Gasteiger partial charge in [0, 0.05) is 23.5 Å². The van der Waals surface area contributed by atoms with Crippen molar-refractivity contribution in [3.05, 3.63) is 90.0 Å². The molecule has 0 saturated carbocycles. The molecule has 4 heteroatoms. The molecule has 0 bridgehead atoms. The molecule has 0 aliphatic rings. The summed E-state index contributed by atoms with van der Waals surface area (Å²) in [5.41, 5.74) is 3.41. The second-order valence-electron chi connectivity index (χ2n) is 6.99. The van der Waals surface area contributed by atoms with Gasteiger partial charge >= 0.3 is 0 Å². The summed E-state index contributed by atoms with van der Waals surface area (Å²) in [5.74, 6) is 0.730. The number of hydrogen-bond acceptors (Lipinski definition) is 3. The van der Waals surface area contributed by atoms with Crippen molar-refractivity contribution in [3.8, 4) is 5.75 Å². The van der Waals surface area contributed by atoms with Gasteiger partial charge in [-0.05, 0) is 69.6 Å². The Labute approximate surface area is 167 Å². The van der Waals surface area contributed by atoms with Crippen LogP contribution < -0.4 is 9.64 Å². The van der Waals surface area contributed by atoms with E-state index in [4.69, 9.17) is 4.74 Å². The Bertz CT molecular complexity index is 888. The fourth-order valence-electron chi connectivity index (χ4n) is 2.82. The molecule has 28 heavy (non-hydrogen) atoms. The number of ether oxygens (including phenoxy) is 1. The van der Waals surface area contributed by atoms with E-state index in [1.807, 2.05) is 99.9 Å². The molecule has 0 aliphatic heterocycles. The van der Waals surface area contributed by atoms with Gasteiger partial charge in [0.2, 0.25) is 0 Å². The van der Waals surface area contributed by atoms with E-state index in [0.717, 1.165) is 29.2 Å². The van der Waals surface area contributed by atoms with Crippen LogP contribution in [0.25, 0.3) is 0 Å². The maximum atomic E-state index is 13.3. The molecule has 0 spiro atoms.